The summed E-state index contributed by atoms with van der Waals surface area (Å²) in [5.41, 5.74) is 1.24. The van der Waals surface area contributed by atoms with Crippen LogP contribution in [-0.4, -0.2) is 39.6 Å². The zero-order valence-electron chi connectivity index (χ0n) is 14.0. The van der Waals surface area contributed by atoms with Crippen LogP contribution in [0.15, 0.2) is 57.9 Å². The highest BCUT2D eigenvalue weighted by atomic mass is 79.9. The van der Waals surface area contributed by atoms with Gasteiger partial charge in [-0.25, -0.2) is 13.1 Å². The number of methoxy groups -OCH3 is 1. The summed E-state index contributed by atoms with van der Waals surface area (Å²) in [5, 5.41) is 0. The summed E-state index contributed by atoms with van der Waals surface area (Å²) in [7, 11) is -2.17. The van der Waals surface area contributed by atoms with Crippen LogP contribution < -0.4 is 9.46 Å². The molecule has 0 amide bonds. The van der Waals surface area contributed by atoms with Gasteiger partial charge in [-0.1, -0.05) is 46.3 Å². The maximum atomic E-state index is 12.8. The van der Waals surface area contributed by atoms with E-state index in [0.29, 0.717) is 16.8 Å². The summed E-state index contributed by atoms with van der Waals surface area (Å²) in [6.45, 7) is 2.40. The molecule has 1 saturated heterocycles. The predicted molar refractivity (Wildman–Crippen MR) is 101 cm³/mol. The smallest absolute Gasteiger partial charge is 0.244 e. The van der Waals surface area contributed by atoms with Crippen molar-refractivity contribution in [3.05, 3.63) is 58.6 Å². The Bertz CT molecular complexity index is 827. The minimum absolute atomic E-state index is 0.0996. The largest absolute Gasteiger partial charge is 0.495 e. The molecule has 1 atom stereocenters. The van der Waals surface area contributed by atoms with Crippen LogP contribution >= 0.6 is 15.9 Å². The van der Waals surface area contributed by atoms with Crippen molar-refractivity contribution in [3.8, 4) is 5.75 Å². The highest BCUT2D eigenvalue weighted by Crippen LogP contribution is 2.28. The number of hydrogen-bond acceptors (Lipinski definition) is 4. The number of nitrogens with one attached hydrogen (secondary N) is 1. The molecule has 1 aliphatic heterocycles. The van der Waals surface area contributed by atoms with Gasteiger partial charge in [-0.15, -0.1) is 0 Å². The van der Waals surface area contributed by atoms with Gasteiger partial charge in [0, 0.05) is 30.1 Å². The predicted octanol–water partition coefficient (Wildman–Crippen LogP) is 3.01. The molecule has 2 aromatic rings. The van der Waals surface area contributed by atoms with Crippen LogP contribution in [0.1, 0.15) is 12.0 Å². The second-order valence-corrected chi connectivity index (χ2v) is 8.72. The van der Waals surface area contributed by atoms with Crippen molar-refractivity contribution < 1.29 is 13.2 Å². The number of sulfonamides is 1. The molecular weight excluding hydrogens is 404 g/mol. The van der Waals surface area contributed by atoms with Crippen LogP contribution in [0.25, 0.3) is 0 Å². The summed E-state index contributed by atoms with van der Waals surface area (Å²) >= 11 is 3.32. The average molecular weight is 425 g/mol. The van der Waals surface area contributed by atoms with Gasteiger partial charge < -0.3 is 4.74 Å². The fourth-order valence-corrected chi connectivity index (χ4v) is 5.03. The molecule has 1 fully saturated rings. The first kappa shape index (κ1) is 18.4. The minimum atomic E-state index is -3.64. The zero-order chi connectivity index (χ0) is 17.9. The lowest BCUT2D eigenvalue weighted by molar-refractivity contribution is 0.324. The van der Waals surface area contributed by atoms with Crippen LogP contribution in [0.5, 0.6) is 5.75 Å². The molecule has 1 aliphatic rings. The Kier molecular flexibility index (Phi) is 5.78. The number of likely N-dealkylation sites (tertiary alicyclic amines) is 1. The first-order chi connectivity index (χ1) is 12.0. The normalized spacial score (nSPS) is 18.4. The molecule has 0 bridgehead atoms. The summed E-state index contributed by atoms with van der Waals surface area (Å²) in [6, 6.07) is 15.1. The van der Waals surface area contributed by atoms with E-state index in [9.17, 15) is 8.42 Å². The molecule has 0 saturated carbocycles. The fourth-order valence-electron chi connectivity index (χ4n) is 3.06. The molecule has 1 unspecified atom stereocenters. The number of ether oxygens (including phenoxy) is 1. The van der Waals surface area contributed by atoms with Gasteiger partial charge in [-0.2, -0.15) is 0 Å². The number of halogens is 1. The SMILES string of the molecule is COc1ccc(Br)cc1S(=O)(=O)NC1CCN(Cc2ccccc2)C1. The maximum absolute atomic E-state index is 12.8. The quantitative estimate of drug-likeness (QED) is 0.773. The van der Waals surface area contributed by atoms with Crippen molar-refractivity contribution in [3.63, 3.8) is 0 Å². The Morgan fingerprint density at radius 1 is 1.24 bits per heavy atom. The van der Waals surface area contributed by atoms with Crippen LogP contribution in [0.2, 0.25) is 0 Å². The zero-order valence-corrected chi connectivity index (χ0v) is 16.4. The average Bonchev–Trinajstić information content (AvgIpc) is 3.02. The third-order valence-electron chi connectivity index (χ3n) is 4.26. The number of hydrogen-bond donors (Lipinski definition) is 1. The van der Waals surface area contributed by atoms with Crippen molar-refractivity contribution >= 4 is 26.0 Å². The molecule has 0 radical (unpaired) electrons. The van der Waals surface area contributed by atoms with Crippen molar-refractivity contribution in [2.45, 2.75) is 23.9 Å². The highest BCUT2D eigenvalue weighted by Gasteiger charge is 2.29. The molecule has 25 heavy (non-hydrogen) atoms. The lowest BCUT2D eigenvalue weighted by atomic mass is 10.2. The van der Waals surface area contributed by atoms with E-state index in [1.165, 1.54) is 12.7 Å². The summed E-state index contributed by atoms with van der Waals surface area (Å²) in [6.07, 6.45) is 0.794. The molecule has 2 aromatic carbocycles. The highest BCUT2D eigenvalue weighted by molar-refractivity contribution is 9.10. The molecule has 0 spiro atoms. The molecule has 0 aliphatic carbocycles. The van der Waals surface area contributed by atoms with Gasteiger partial charge in [0.2, 0.25) is 10.0 Å². The number of benzene rings is 2. The topological polar surface area (TPSA) is 58.6 Å². The van der Waals surface area contributed by atoms with E-state index in [-0.39, 0.29) is 10.9 Å². The van der Waals surface area contributed by atoms with E-state index in [2.05, 4.69) is 37.7 Å². The van der Waals surface area contributed by atoms with Crippen molar-refractivity contribution in [1.82, 2.24) is 9.62 Å². The Labute approximate surface area is 157 Å². The summed E-state index contributed by atoms with van der Waals surface area (Å²) in [4.78, 5) is 2.42. The second kappa shape index (κ2) is 7.86. The molecule has 7 heteroatoms. The van der Waals surface area contributed by atoms with Crippen LogP contribution in [-0.2, 0) is 16.6 Å². The molecular formula is C18H21BrN2O3S. The standard InChI is InChI=1S/C18H21BrN2O3S/c1-24-17-8-7-15(19)11-18(17)25(22,23)20-16-9-10-21(13-16)12-14-5-3-2-4-6-14/h2-8,11,16,20H,9-10,12-13H2,1H3. The minimum Gasteiger partial charge on any atom is -0.495 e. The third kappa shape index (κ3) is 4.61. The monoisotopic (exact) mass is 424 g/mol. The van der Waals surface area contributed by atoms with Gasteiger partial charge in [-0.05, 0) is 30.2 Å². The molecule has 1 N–H and O–H groups in total. The van der Waals surface area contributed by atoms with Crippen molar-refractivity contribution in [2.75, 3.05) is 20.2 Å². The van der Waals surface area contributed by atoms with E-state index in [1.54, 1.807) is 18.2 Å². The Morgan fingerprint density at radius 2 is 2.00 bits per heavy atom. The van der Waals surface area contributed by atoms with Gasteiger partial charge in [0.15, 0.2) is 0 Å². The first-order valence-electron chi connectivity index (χ1n) is 8.10. The van der Waals surface area contributed by atoms with Crippen LogP contribution in [0, 0.1) is 0 Å². The van der Waals surface area contributed by atoms with Crippen molar-refractivity contribution in [1.29, 1.82) is 0 Å². The van der Waals surface area contributed by atoms with E-state index >= 15 is 0 Å². The maximum Gasteiger partial charge on any atom is 0.244 e. The van der Waals surface area contributed by atoms with E-state index in [0.717, 1.165) is 19.5 Å². The lowest BCUT2D eigenvalue weighted by Gasteiger charge is -2.17. The Morgan fingerprint density at radius 3 is 2.72 bits per heavy atom. The molecule has 3 rings (SSSR count). The first-order valence-corrected chi connectivity index (χ1v) is 10.4. The fraction of sp³-hybridized carbons (Fsp3) is 0.333. The lowest BCUT2D eigenvalue weighted by Crippen LogP contribution is -2.37. The number of nitrogens with zero attached hydrogens (tertiary/aromatic N) is 1. The van der Waals surface area contributed by atoms with E-state index in [4.69, 9.17) is 4.74 Å². The van der Waals surface area contributed by atoms with E-state index < -0.39 is 10.0 Å². The molecule has 0 aromatic heterocycles. The Balaban J connectivity index is 1.67. The molecule has 1 heterocycles. The Hall–Kier alpha value is -1.41. The van der Waals surface area contributed by atoms with Gasteiger partial charge in [0.05, 0.1) is 7.11 Å². The van der Waals surface area contributed by atoms with Gasteiger partial charge >= 0.3 is 0 Å². The molecule has 5 nitrogen and oxygen atoms in total. The van der Waals surface area contributed by atoms with Crippen LogP contribution in [0.4, 0.5) is 0 Å². The number of rotatable bonds is 6. The van der Waals surface area contributed by atoms with Crippen LogP contribution in [0.3, 0.4) is 0 Å². The summed E-state index contributed by atoms with van der Waals surface area (Å²) in [5.74, 6) is 0.342. The second-order valence-electron chi connectivity index (χ2n) is 6.12. The molecule has 134 valence electrons. The van der Waals surface area contributed by atoms with Gasteiger partial charge in [0.25, 0.3) is 0 Å². The third-order valence-corrected chi connectivity index (χ3v) is 6.29. The van der Waals surface area contributed by atoms with Gasteiger partial charge in [-0.3, -0.25) is 4.90 Å². The summed E-state index contributed by atoms with van der Waals surface area (Å²) < 4.78 is 34.2. The van der Waals surface area contributed by atoms with Gasteiger partial charge in [0.1, 0.15) is 10.6 Å². The van der Waals surface area contributed by atoms with Crippen molar-refractivity contribution in [2.24, 2.45) is 0 Å². The van der Waals surface area contributed by atoms with E-state index in [1.807, 2.05) is 18.2 Å².